The van der Waals surface area contributed by atoms with Gasteiger partial charge in [-0.25, -0.2) is 4.98 Å². The minimum atomic E-state index is -0.141. The van der Waals surface area contributed by atoms with Crippen molar-refractivity contribution >= 4 is 28.2 Å². The molecule has 1 amide bonds. The van der Waals surface area contributed by atoms with Crippen LogP contribution < -0.4 is 10.2 Å². The van der Waals surface area contributed by atoms with E-state index >= 15 is 0 Å². The molecule has 4 rings (SSSR count). The maximum Gasteiger partial charge on any atom is 0.257 e. The zero-order chi connectivity index (χ0) is 17.9. The Morgan fingerprint density at radius 2 is 1.73 bits per heavy atom. The first-order valence-electron chi connectivity index (χ1n) is 8.89. The van der Waals surface area contributed by atoms with Gasteiger partial charge in [-0.3, -0.25) is 4.79 Å². The second kappa shape index (κ2) is 7.14. The molecule has 1 aliphatic heterocycles. The summed E-state index contributed by atoms with van der Waals surface area (Å²) in [7, 11) is 2.13. The van der Waals surface area contributed by atoms with Gasteiger partial charge in [-0.1, -0.05) is 30.3 Å². The fourth-order valence-electron chi connectivity index (χ4n) is 3.21. The van der Waals surface area contributed by atoms with Crippen LogP contribution in [0.15, 0.2) is 60.8 Å². The van der Waals surface area contributed by atoms with Gasteiger partial charge in [-0.2, -0.15) is 0 Å². The highest BCUT2D eigenvalue weighted by molar-refractivity contribution is 6.05. The number of carbonyl (C=O) groups excluding carboxylic acids is 1. The Labute approximate surface area is 153 Å². The van der Waals surface area contributed by atoms with Gasteiger partial charge in [0.1, 0.15) is 5.82 Å². The summed E-state index contributed by atoms with van der Waals surface area (Å²) in [5, 5.41) is 5.22. The Bertz CT molecular complexity index is 915. The molecular formula is C21H22N4O. The molecule has 1 N–H and O–H groups in total. The fraction of sp³-hybridized carbons (Fsp3) is 0.238. The Morgan fingerprint density at radius 3 is 2.46 bits per heavy atom. The van der Waals surface area contributed by atoms with Gasteiger partial charge in [0.15, 0.2) is 0 Å². The molecule has 0 spiro atoms. The third kappa shape index (κ3) is 3.53. The van der Waals surface area contributed by atoms with Crippen molar-refractivity contribution in [3.8, 4) is 0 Å². The van der Waals surface area contributed by atoms with E-state index in [-0.39, 0.29) is 5.91 Å². The fourth-order valence-corrected chi connectivity index (χ4v) is 3.21. The SMILES string of the molecule is CN1CCN(c2ccc(C(=O)Nc3ccc4ccccc4c3)cn2)CC1. The zero-order valence-corrected chi connectivity index (χ0v) is 14.9. The number of likely N-dealkylation sites (N-methyl/N-ethyl adjacent to an activating group) is 1. The summed E-state index contributed by atoms with van der Waals surface area (Å²) in [6.07, 6.45) is 1.66. The number of fused-ring (bicyclic) bond motifs is 1. The number of hydrogen-bond donors (Lipinski definition) is 1. The number of amides is 1. The lowest BCUT2D eigenvalue weighted by atomic mass is 10.1. The van der Waals surface area contributed by atoms with Crippen molar-refractivity contribution in [2.45, 2.75) is 0 Å². The van der Waals surface area contributed by atoms with Crippen molar-refractivity contribution in [3.05, 3.63) is 66.4 Å². The second-order valence-electron chi connectivity index (χ2n) is 6.71. The van der Waals surface area contributed by atoms with E-state index < -0.39 is 0 Å². The highest BCUT2D eigenvalue weighted by Crippen LogP contribution is 2.20. The molecule has 5 nitrogen and oxygen atoms in total. The summed E-state index contributed by atoms with van der Waals surface area (Å²) in [4.78, 5) is 21.6. The number of aromatic nitrogens is 1. The topological polar surface area (TPSA) is 48.5 Å². The minimum Gasteiger partial charge on any atom is -0.354 e. The van der Waals surface area contributed by atoms with Crippen LogP contribution >= 0.6 is 0 Å². The predicted octanol–water partition coefficient (Wildman–Crippen LogP) is 3.24. The van der Waals surface area contributed by atoms with E-state index in [1.165, 1.54) is 0 Å². The Kier molecular flexibility index (Phi) is 4.54. The zero-order valence-electron chi connectivity index (χ0n) is 14.9. The molecule has 2 aromatic carbocycles. The number of benzene rings is 2. The van der Waals surface area contributed by atoms with E-state index in [9.17, 15) is 4.79 Å². The Balaban J connectivity index is 1.45. The molecule has 0 bridgehead atoms. The van der Waals surface area contributed by atoms with Crippen molar-refractivity contribution in [1.82, 2.24) is 9.88 Å². The van der Waals surface area contributed by atoms with Crippen molar-refractivity contribution in [2.75, 3.05) is 43.4 Å². The molecule has 0 saturated carbocycles. The van der Waals surface area contributed by atoms with Crippen molar-refractivity contribution in [1.29, 1.82) is 0 Å². The average Bonchev–Trinajstić information content (AvgIpc) is 2.68. The molecule has 1 aromatic heterocycles. The molecule has 0 atom stereocenters. The summed E-state index contributed by atoms with van der Waals surface area (Å²) in [5.74, 6) is 0.790. The van der Waals surface area contributed by atoms with Crippen molar-refractivity contribution in [3.63, 3.8) is 0 Å². The van der Waals surface area contributed by atoms with Gasteiger partial charge in [0.2, 0.25) is 0 Å². The van der Waals surface area contributed by atoms with E-state index in [1.807, 2.05) is 48.5 Å². The highest BCUT2D eigenvalue weighted by atomic mass is 16.1. The van der Waals surface area contributed by atoms with Crippen molar-refractivity contribution < 1.29 is 4.79 Å². The summed E-state index contributed by atoms with van der Waals surface area (Å²) < 4.78 is 0. The summed E-state index contributed by atoms with van der Waals surface area (Å²) in [5.41, 5.74) is 1.35. The number of hydrogen-bond acceptors (Lipinski definition) is 4. The second-order valence-corrected chi connectivity index (χ2v) is 6.71. The minimum absolute atomic E-state index is 0.141. The molecule has 26 heavy (non-hydrogen) atoms. The van der Waals surface area contributed by atoms with Gasteiger partial charge in [-0.15, -0.1) is 0 Å². The Morgan fingerprint density at radius 1 is 0.962 bits per heavy atom. The van der Waals surface area contributed by atoms with Gasteiger partial charge in [0.25, 0.3) is 5.91 Å². The van der Waals surface area contributed by atoms with E-state index in [0.717, 1.165) is 48.5 Å². The lowest BCUT2D eigenvalue weighted by Gasteiger charge is -2.33. The molecule has 0 unspecified atom stereocenters. The number of pyridine rings is 1. The van der Waals surface area contributed by atoms with Crippen LogP contribution in [-0.4, -0.2) is 49.0 Å². The van der Waals surface area contributed by atoms with Crippen LogP contribution in [0.1, 0.15) is 10.4 Å². The van der Waals surface area contributed by atoms with E-state index in [4.69, 9.17) is 0 Å². The van der Waals surface area contributed by atoms with Crippen LogP contribution in [0.5, 0.6) is 0 Å². The van der Waals surface area contributed by atoms with E-state index in [0.29, 0.717) is 5.56 Å². The van der Waals surface area contributed by atoms with Gasteiger partial charge in [-0.05, 0) is 42.1 Å². The lowest BCUT2D eigenvalue weighted by molar-refractivity contribution is 0.102. The van der Waals surface area contributed by atoms with Gasteiger partial charge in [0.05, 0.1) is 5.56 Å². The first-order chi connectivity index (χ1) is 12.7. The molecule has 1 fully saturated rings. The van der Waals surface area contributed by atoms with E-state index in [2.05, 4.69) is 33.2 Å². The smallest absolute Gasteiger partial charge is 0.257 e. The van der Waals surface area contributed by atoms with E-state index in [1.54, 1.807) is 6.20 Å². The van der Waals surface area contributed by atoms with Crippen LogP contribution in [-0.2, 0) is 0 Å². The largest absolute Gasteiger partial charge is 0.354 e. The predicted molar refractivity (Wildman–Crippen MR) is 106 cm³/mol. The third-order valence-corrected chi connectivity index (χ3v) is 4.84. The standard InChI is InChI=1S/C21H22N4O/c1-24-10-12-25(13-11-24)20-9-7-18(15-22-20)21(26)23-19-8-6-16-4-2-3-5-17(16)14-19/h2-9,14-15H,10-13H2,1H3,(H,23,26). The normalized spacial score (nSPS) is 15.2. The van der Waals surface area contributed by atoms with Crippen LogP contribution in [0.2, 0.25) is 0 Å². The summed E-state index contributed by atoms with van der Waals surface area (Å²) >= 11 is 0. The lowest BCUT2D eigenvalue weighted by Crippen LogP contribution is -2.44. The molecule has 132 valence electrons. The first kappa shape index (κ1) is 16.5. The number of anilines is 2. The quantitative estimate of drug-likeness (QED) is 0.791. The molecule has 0 radical (unpaired) electrons. The molecule has 0 aliphatic carbocycles. The van der Waals surface area contributed by atoms with Gasteiger partial charge >= 0.3 is 0 Å². The van der Waals surface area contributed by atoms with Gasteiger partial charge in [0, 0.05) is 38.1 Å². The third-order valence-electron chi connectivity index (χ3n) is 4.84. The Hall–Kier alpha value is -2.92. The molecule has 1 aliphatic rings. The van der Waals surface area contributed by atoms with Crippen LogP contribution in [0.4, 0.5) is 11.5 Å². The summed E-state index contributed by atoms with van der Waals surface area (Å²) in [6, 6.07) is 17.8. The average molecular weight is 346 g/mol. The monoisotopic (exact) mass is 346 g/mol. The number of rotatable bonds is 3. The molecular weight excluding hydrogens is 324 g/mol. The summed E-state index contributed by atoms with van der Waals surface area (Å²) in [6.45, 7) is 4.00. The maximum atomic E-state index is 12.5. The molecule has 2 heterocycles. The van der Waals surface area contributed by atoms with Crippen molar-refractivity contribution in [2.24, 2.45) is 0 Å². The number of carbonyl (C=O) groups is 1. The van der Waals surface area contributed by atoms with Gasteiger partial charge < -0.3 is 15.1 Å². The van der Waals surface area contributed by atoms with Crippen LogP contribution in [0.3, 0.4) is 0 Å². The number of nitrogens with one attached hydrogen (secondary N) is 1. The van der Waals surface area contributed by atoms with Crippen LogP contribution in [0.25, 0.3) is 10.8 Å². The first-order valence-corrected chi connectivity index (χ1v) is 8.89. The molecule has 1 saturated heterocycles. The maximum absolute atomic E-state index is 12.5. The highest BCUT2D eigenvalue weighted by Gasteiger charge is 2.16. The molecule has 3 aromatic rings. The van der Waals surface area contributed by atoms with Crippen LogP contribution in [0, 0.1) is 0 Å². The number of piperazine rings is 1. The molecule has 5 heteroatoms. The number of nitrogens with zero attached hydrogens (tertiary/aromatic N) is 3.